The zero-order valence-corrected chi connectivity index (χ0v) is 12.6. The number of nitro groups is 1. The van der Waals surface area contributed by atoms with Crippen molar-refractivity contribution in [3.63, 3.8) is 0 Å². The number of benzene rings is 1. The van der Waals surface area contributed by atoms with E-state index in [4.69, 9.17) is 0 Å². The van der Waals surface area contributed by atoms with E-state index in [1.807, 2.05) is 26.0 Å². The van der Waals surface area contributed by atoms with Crippen molar-refractivity contribution < 1.29 is 9.72 Å². The largest absolute Gasteiger partial charge is 0.309 e. The molecule has 1 heterocycles. The van der Waals surface area contributed by atoms with E-state index in [1.54, 1.807) is 17.9 Å². The fourth-order valence-corrected chi connectivity index (χ4v) is 2.94. The fourth-order valence-electron chi connectivity index (χ4n) is 2.57. The Morgan fingerprint density at radius 1 is 1.47 bits per heavy atom. The first-order valence-corrected chi connectivity index (χ1v) is 6.82. The number of rotatable bonds is 3. The number of hydrogen-bond donors (Lipinski definition) is 0. The van der Waals surface area contributed by atoms with Gasteiger partial charge in [0.1, 0.15) is 5.41 Å². The summed E-state index contributed by atoms with van der Waals surface area (Å²) in [6.07, 6.45) is 0. The Morgan fingerprint density at radius 3 is 2.63 bits per heavy atom. The summed E-state index contributed by atoms with van der Waals surface area (Å²) in [5.74, 6) is -0.202. The molecule has 1 unspecified atom stereocenters. The minimum Gasteiger partial charge on any atom is -0.309 e. The number of anilines is 1. The van der Waals surface area contributed by atoms with E-state index < -0.39 is 16.9 Å². The SMILES string of the molecule is CC(C)N1C(=O)C(C)(C[N+](=O)[O-])c2cc(Br)ccc21. The van der Waals surface area contributed by atoms with Gasteiger partial charge in [-0.1, -0.05) is 15.9 Å². The molecule has 102 valence electrons. The maximum absolute atomic E-state index is 12.6. The summed E-state index contributed by atoms with van der Waals surface area (Å²) < 4.78 is 0.819. The van der Waals surface area contributed by atoms with Crippen molar-refractivity contribution in [1.82, 2.24) is 0 Å². The zero-order valence-electron chi connectivity index (χ0n) is 11.0. The Labute approximate surface area is 119 Å². The van der Waals surface area contributed by atoms with Crippen LogP contribution in [0.4, 0.5) is 5.69 Å². The van der Waals surface area contributed by atoms with Crippen LogP contribution in [0.3, 0.4) is 0 Å². The number of carbonyl (C=O) groups excluding carboxylic acids is 1. The molecule has 0 saturated carbocycles. The summed E-state index contributed by atoms with van der Waals surface area (Å²) in [5.41, 5.74) is 0.400. The van der Waals surface area contributed by atoms with Gasteiger partial charge in [0.2, 0.25) is 12.5 Å². The first-order valence-electron chi connectivity index (χ1n) is 6.03. The molecule has 0 aromatic heterocycles. The van der Waals surface area contributed by atoms with Crippen LogP contribution in [0.2, 0.25) is 0 Å². The second kappa shape index (κ2) is 4.59. The molecule has 0 N–H and O–H groups in total. The van der Waals surface area contributed by atoms with E-state index in [-0.39, 0.29) is 11.9 Å². The van der Waals surface area contributed by atoms with Crippen LogP contribution in [0.25, 0.3) is 0 Å². The average Bonchev–Trinajstić information content (AvgIpc) is 2.48. The molecule has 0 bridgehead atoms. The van der Waals surface area contributed by atoms with Gasteiger partial charge in [-0.3, -0.25) is 14.9 Å². The first kappa shape index (κ1) is 14.0. The highest BCUT2D eigenvalue weighted by Crippen LogP contribution is 2.44. The number of halogens is 1. The molecular formula is C13H15BrN2O3. The van der Waals surface area contributed by atoms with Crippen LogP contribution in [-0.4, -0.2) is 23.4 Å². The lowest BCUT2D eigenvalue weighted by Gasteiger charge is -2.24. The molecule has 1 aromatic rings. The molecule has 1 atom stereocenters. The van der Waals surface area contributed by atoms with Crippen molar-refractivity contribution in [1.29, 1.82) is 0 Å². The van der Waals surface area contributed by atoms with E-state index in [2.05, 4.69) is 15.9 Å². The molecule has 0 fully saturated rings. The third kappa shape index (κ3) is 2.14. The Morgan fingerprint density at radius 2 is 2.11 bits per heavy atom. The van der Waals surface area contributed by atoms with E-state index in [1.165, 1.54) is 0 Å². The van der Waals surface area contributed by atoms with Crippen molar-refractivity contribution in [3.8, 4) is 0 Å². The Kier molecular flexibility index (Phi) is 3.38. The predicted molar refractivity (Wildman–Crippen MR) is 76.0 cm³/mol. The van der Waals surface area contributed by atoms with Crippen molar-refractivity contribution in [2.75, 3.05) is 11.4 Å². The molecule has 0 radical (unpaired) electrons. The molecule has 1 aliphatic rings. The summed E-state index contributed by atoms with van der Waals surface area (Å²) in [6, 6.07) is 5.46. The number of fused-ring (bicyclic) bond motifs is 1. The monoisotopic (exact) mass is 326 g/mol. The van der Waals surface area contributed by atoms with Crippen molar-refractivity contribution in [3.05, 3.63) is 38.3 Å². The van der Waals surface area contributed by atoms with Gasteiger partial charge in [0.25, 0.3) is 0 Å². The normalized spacial score (nSPS) is 21.9. The fraction of sp³-hybridized carbons (Fsp3) is 0.462. The zero-order chi connectivity index (χ0) is 14.4. The first-order chi connectivity index (χ1) is 8.77. The maximum atomic E-state index is 12.6. The summed E-state index contributed by atoms with van der Waals surface area (Å²) >= 11 is 3.36. The van der Waals surface area contributed by atoms with Crippen LogP contribution in [0.1, 0.15) is 26.3 Å². The Hall–Kier alpha value is -1.43. The summed E-state index contributed by atoms with van der Waals surface area (Å²) in [5, 5.41) is 10.9. The van der Waals surface area contributed by atoms with Crippen molar-refractivity contribution in [2.24, 2.45) is 0 Å². The van der Waals surface area contributed by atoms with Crippen LogP contribution in [0.15, 0.2) is 22.7 Å². The predicted octanol–water partition coefficient (Wildman–Crippen LogP) is 2.74. The van der Waals surface area contributed by atoms with E-state index in [0.29, 0.717) is 0 Å². The van der Waals surface area contributed by atoms with E-state index in [0.717, 1.165) is 15.7 Å². The molecule has 1 aliphatic heterocycles. The molecule has 1 aromatic carbocycles. The summed E-state index contributed by atoms with van der Waals surface area (Å²) in [6.45, 7) is 5.06. The Bertz CT molecular complexity index is 559. The van der Waals surface area contributed by atoms with Gasteiger partial charge in [-0.2, -0.15) is 0 Å². The lowest BCUT2D eigenvalue weighted by atomic mass is 9.84. The van der Waals surface area contributed by atoms with Gasteiger partial charge in [0, 0.05) is 21.1 Å². The smallest absolute Gasteiger partial charge is 0.244 e. The molecule has 19 heavy (non-hydrogen) atoms. The number of carbonyl (C=O) groups is 1. The number of hydrogen-bond acceptors (Lipinski definition) is 3. The van der Waals surface area contributed by atoms with Crippen molar-refractivity contribution >= 4 is 27.5 Å². The highest BCUT2D eigenvalue weighted by atomic mass is 79.9. The van der Waals surface area contributed by atoms with Gasteiger partial charge in [0.05, 0.1) is 0 Å². The summed E-state index contributed by atoms with van der Waals surface area (Å²) in [4.78, 5) is 24.7. The van der Waals surface area contributed by atoms with Crippen LogP contribution < -0.4 is 4.90 Å². The third-order valence-electron chi connectivity index (χ3n) is 3.47. The molecule has 0 aliphatic carbocycles. The van der Waals surface area contributed by atoms with Gasteiger partial charge in [-0.15, -0.1) is 0 Å². The van der Waals surface area contributed by atoms with Crippen LogP contribution in [0, 0.1) is 10.1 Å². The molecule has 0 spiro atoms. The van der Waals surface area contributed by atoms with Gasteiger partial charge in [-0.25, -0.2) is 0 Å². The second-order valence-electron chi connectivity index (χ2n) is 5.25. The summed E-state index contributed by atoms with van der Waals surface area (Å²) in [7, 11) is 0. The van der Waals surface area contributed by atoms with Gasteiger partial charge >= 0.3 is 0 Å². The van der Waals surface area contributed by atoms with Crippen LogP contribution >= 0.6 is 15.9 Å². The number of nitrogens with zero attached hydrogens (tertiary/aromatic N) is 2. The molecule has 2 rings (SSSR count). The lowest BCUT2D eigenvalue weighted by Crippen LogP contribution is -2.45. The second-order valence-corrected chi connectivity index (χ2v) is 6.17. The Balaban J connectivity index is 2.63. The number of amides is 1. The topological polar surface area (TPSA) is 63.5 Å². The molecule has 5 nitrogen and oxygen atoms in total. The van der Waals surface area contributed by atoms with E-state index in [9.17, 15) is 14.9 Å². The highest BCUT2D eigenvalue weighted by Gasteiger charge is 2.51. The standard InChI is InChI=1S/C13H15BrN2O3/c1-8(2)16-11-5-4-9(14)6-10(11)13(3,12(16)17)7-15(18)19/h4-6,8H,7H2,1-3H3. The van der Waals surface area contributed by atoms with Gasteiger partial charge in [-0.05, 0) is 44.5 Å². The van der Waals surface area contributed by atoms with Crippen molar-refractivity contribution in [2.45, 2.75) is 32.2 Å². The quantitative estimate of drug-likeness (QED) is 0.633. The van der Waals surface area contributed by atoms with Crippen LogP contribution in [0.5, 0.6) is 0 Å². The average molecular weight is 327 g/mol. The molecule has 0 saturated heterocycles. The van der Waals surface area contributed by atoms with E-state index >= 15 is 0 Å². The molecule has 1 amide bonds. The maximum Gasteiger partial charge on any atom is 0.244 e. The minimum atomic E-state index is -1.09. The molecular weight excluding hydrogens is 312 g/mol. The molecule has 6 heteroatoms. The van der Waals surface area contributed by atoms with Gasteiger partial charge in [0.15, 0.2) is 0 Å². The highest BCUT2D eigenvalue weighted by molar-refractivity contribution is 9.10. The van der Waals surface area contributed by atoms with Gasteiger partial charge < -0.3 is 4.90 Å². The third-order valence-corrected chi connectivity index (χ3v) is 3.96. The van der Waals surface area contributed by atoms with Crippen LogP contribution in [-0.2, 0) is 10.2 Å². The minimum absolute atomic E-state index is 0.0268. The lowest BCUT2D eigenvalue weighted by molar-refractivity contribution is -0.487.